The summed E-state index contributed by atoms with van der Waals surface area (Å²) in [5, 5.41) is 11.5. The summed E-state index contributed by atoms with van der Waals surface area (Å²) in [6.45, 7) is 0. The van der Waals surface area contributed by atoms with Gasteiger partial charge in [0.2, 0.25) is 0 Å². The van der Waals surface area contributed by atoms with E-state index in [1.54, 1.807) is 6.08 Å². The van der Waals surface area contributed by atoms with Crippen LogP contribution >= 0.6 is 0 Å². The van der Waals surface area contributed by atoms with Crippen LogP contribution in [0.3, 0.4) is 0 Å². The van der Waals surface area contributed by atoms with Gasteiger partial charge in [0.15, 0.2) is 0 Å². The molecule has 0 heterocycles. The van der Waals surface area contributed by atoms with Crippen molar-refractivity contribution in [2.75, 3.05) is 0 Å². The number of allylic oxidation sites excluding steroid dienone is 1. The SMILES string of the molecule is N#C/C=C(/c1ccccc1)c1cccc2ccccc12. The summed E-state index contributed by atoms with van der Waals surface area (Å²) in [6, 6.07) is 26.6. The van der Waals surface area contributed by atoms with Gasteiger partial charge >= 0.3 is 0 Å². The largest absolute Gasteiger partial charge is 0.193 e. The first kappa shape index (κ1) is 12.2. The van der Waals surface area contributed by atoms with Crippen molar-refractivity contribution in [3.05, 3.63) is 90.0 Å². The molecule has 0 unspecified atom stereocenters. The van der Waals surface area contributed by atoms with Crippen LogP contribution in [0.1, 0.15) is 11.1 Å². The van der Waals surface area contributed by atoms with Crippen molar-refractivity contribution in [1.29, 1.82) is 5.26 Å². The van der Waals surface area contributed by atoms with Crippen molar-refractivity contribution in [1.82, 2.24) is 0 Å². The molecule has 0 aliphatic heterocycles. The molecule has 0 aliphatic rings. The van der Waals surface area contributed by atoms with Crippen molar-refractivity contribution >= 4 is 16.3 Å². The highest BCUT2D eigenvalue weighted by Gasteiger charge is 2.08. The Hall–Kier alpha value is -2.85. The molecule has 0 saturated carbocycles. The lowest BCUT2D eigenvalue weighted by molar-refractivity contribution is 1.52. The Bertz CT molecular complexity index is 803. The molecule has 0 fully saturated rings. The van der Waals surface area contributed by atoms with E-state index in [1.165, 1.54) is 10.8 Å². The Morgan fingerprint density at radius 2 is 1.50 bits per heavy atom. The van der Waals surface area contributed by atoms with Gasteiger partial charge in [-0.15, -0.1) is 0 Å². The van der Waals surface area contributed by atoms with Crippen LogP contribution in [0.25, 0.3) is 16.3 Å². The molecule has 3 aromatic carbocycles. The van der Waals surface area contributed by atoms with Crippen molar-refractivity contribution < 1.29 is 0 Å². The van der Waals surface area contributed by atoms with E-state index in [0.717, 1.165) is 16.7 Å². The fraction of sp³-hybridized carbons (Fsp3) is 0. The molecule has 1 heteroatoms. The molecule has 0 spiro atoms. The summed E-state index contributed by atoms with van der Waals surface area (Å²) >= 11 is 0. The van der Waals surface area contributed by atoms with Crippen molar-refractivity contribution in [3.8, 4) is 6.07 Å². The minimum absolute atomic E-state index is 0.963. The van der Waals surface area contributed by atoms with E-state index in [-0.39, 0.29) is 0 Å². The Kier molecular flexibility index (Phi) is 3.31. The smallest absolute Gasteiger partial charge is 0.0918 e. The van der Waals surface area contributed by atoms with Crippen LogP contribution in [0, 0.1) is 11.3 Å². The third-order valence-corrected chi connectivity index (χ3v) is 3.37. The minimum atomic E-state index is 0.963. The Morgan fingerprint density at radius 1 is 0.800 bits per heavy atom. The molecule has 20 heavy (non-hydrogen) atoms. The zero-order valence-electron chi connectivity index (χ0n) is 11.0. The van der Waals surface area contributed by atoms with Gasteiger partial charge in [-0.05, 0) is 27.5 Å². The maximum atomic E-state index is 9.10. The van der Waals surface area contributed by atoms with Gasteiger partial charge in [0, 0.05) is 6.08 Å². The van der Waals surface area contributed by atoms with Crippen molar-refractivity contribution in [2.24, 2.45) is 0 Å². The summed E-state index contributed by atoms with van der Waals surface area (Å²) in [5.74, 6) is 0. The Labute approximate surface area is 118 Å². The number of hydrogen-bond acceptors (Lipinski definition) is 1. The lowest BCUT2D eigenvalue weighted by Crippen LogP contribution is -1.89. The molecule has 3 rings (SSSR count). The van der Waals surface area contributed by atoms with Gasteiger partial charge in [-0.25, -0.2) is 0 Å². The highest BCUT2D eigenvalue weighted by Crippen LogP contribution is 2.29. The molecular weight excluding hydrogens is 242 g/mol. The molecule has 0 atom stereocenters. The van der Waals surface area contributed by atoms with Crippen molar-refractivity contribution in [3.63, 3.8) is 0 Å². The maximum Gasteiger partial charge on any atom is 0.0918 e. The topological polar surface area (TPSA) is 23.8 Å². The highest BCUT2D eigenvalue weighted by molar-refractivity contribution is 5.98. The van der Waals surface area contributed by atoms with Gasteiger partial charge in [-0.2, -0.15) is 5.26 Å². The average Bonchev–Trinajstić information content (AvgIpc) is 2.53. The summed E-state index contributed by atoms with van der Waals surface area (Å²) in [4.78, 5) is 0. The van der Waals surface area contributed by atoms with Crippen LogP contribution in [0.4, 0.5) is 0 Å². The van der Waals surface area contributed by atoms with Crippen LogP contribution in [0.15, 0.2) is 78.9 Å². The van der Waals surface area contributed by atoms with E-state index in [9.17, 15) is 0 Å². The fourth-order valence-electron chi connectivity index (χ4n) is 2.46. The zero-order valence-corrected chi connectivity index (χ0v) is 11.0. The molecule has 0 aliphatic carbocycles. The lowest BCUT2D eigenvalue weighted by Gasteiger charge is -2.10. The Morgan fingerprint density at radius 3 is 2.30 bits per heavy atom. The molecule has 3 aromatic rings. The lowest BCUT2D eigenvalue weighted by atomic mass is 9.93. The van der Waals surface area contributed by atoms with Gasteiger partial charge in [-0.1, -0.05) is 72.8 Å². The molecule has 0 amide bonds. The van der Waals surface area contributed by atoms with E-state index in [4.69, 9.17) is 5.26 Å². The van der Waals surface area contributed by atoms with E-state index in [2.05, 4.69) is 30.3 Å². The van der Waals surface area contributed by atoms with E-state index < -0.39 is 0 Å². The quantitative estimate of drug-likeness (QED) is 0.604. The summed E-state index contributed by atoms with van der Waals surface area (Å²) in [7, 11) is 0. The predicted molar refractivity (Wildman–Crippen MR) is 83.1 cm³/mol. The normalized spacial score (nSPS) is 11.2. The van der Waals surface area contributed by atoms with Gasteiger partial charge < -0.3 is 0 Å². The first-order valence-electron chi connectivity index (χ1n) is 6.53. The number of benzene rings is 3. The third-order valence-electron chi connectivity index (χ3n) is 3.37. The minimum Gasteiger partial charge on any atom is -0.193 e. The fourth-order valence-corrected chi connectivity index (χ4v) is 2.46. The predicted octanol–water partition coefficient (Wildman–Crippen LogP) is 4.80. The molecule has 0 bridgehead atoms. The molecule has 0 radical (unpaired) electrons. The number of hydrogen-bond donors (Lipinski definition) is 0. The second-order valence-electron chi connectivity index (χ2n) is 4.58. The van der Waals surface area contributed by atoms with Gasteiger partial charge in [0.25, 0.3) is 0 Å². The summed E-state index contributed by atoms with van der Waals surface area (Å²) < 4.78 is 0. The average molecular weight is 255 g/mol. The summed E-state index contributed by atoms with van der Waals surface area (Å²) in [6.07, 6.45) is 1.62. The van der Waals surface area contributed by atoms with Gasteiger partial charge in [0.05, 0.1) is 6.07 Å². The summed E-state index contributed by atoms with van der Waals surface area (Å²) in [5.41, 5.74) is 3.12. The molecule has 1 nitrogen and oxygen atoms in total. The number of rotatable bonds is 2. The monoisotopic (exact) mass is 255 g/mol. The number of nitrogens with zero attached hydrogens (tertiary/aromatic N) is 1. The van der Waals surface area contributed by atoms with Crippen LogP contribution in [-0.2, 0) is 0 Å². The first-order chi connectivity index (χ1) is 9.90. The van der Waals surface area contributed by atoms with Crippen molar-refractivity contribution in [2.45, 2.75) is 0 Å². The highest BCUT2D eigenvalue weighted by atomic mass is 14.2. The second kappa shape index (κ2) is 5.42. The second-order valence-corrected chi connectivity index (χ2v) is 4.58. The van der Waals surface area contributed by atoms with Crippen LogP contribution in [-0.4, -0.2) is 0 Å². The van der Waals surface area contributed by atoms with Crippen LogP contribution in [0.2, 0.25) is 0 Å². The molecule has 0 N–H and O–H groups in total. The molecular formula is C19H13N. The number of nitriles is 1. The van der Waals surface area contributed by atoms with E-state index >= 15 is 0 Å². The van der Waals surface area contributed by atoms with Crippen LogP contribution < -0.4 is 0 Å². The van der Waals surface area contributed by atoms with Crippen LogP contribution in [0.5, 0.6) is 0 Å². The third kappa shape index (κ3) is 2.20. The zero-order chi connectivity index (χ0) is 13.8. The van der Waals surface area contributed by atoms with Gasteiger partial charge in [0.1, 0.15) is 0 Å². The van der Waals surface area contributed by atoms with Gasteiger partial charge in [-0.3, -0.25) is 0 Å². The number of fused-ring (bicyclic) bond motifs is 1. The maximum absolute atomic E-state index is 9.10. The van der Waals surface area contributed by atoms with E-state index in [1.807, 2.05) is 48.5 Å². The van der Waals surface area contributed by atoms with E-state index in [0.29, 0.717) is 0 Å². The molecule has 0 aromatic heterocycles. The standard InChI is InChI=1S/C19H13N/c20-14-13-18(15-7-2-1-3-8-15)19-12-6-10-16-9-4-5-11-17(16)19/h1-13H/b18-13-. The first-order valence-corrected chi connectivity index (χ1v) is 6.53. The Balaban J connectivity index is 2.27. The molecule has 0 saturated heterocycles. The molecule has 94 valence electrons.